The van der Waals surface area contributed by atoms with Crippen molar-refractivity contribution in [2.45, 2.75) is 13.5 Å². The highest BCUT2D eigenvalue weighted by atomic mass is 16.4. The molecule has 0 fully saturated rings. The summed E-state index contributed by atoms with van der Waals surface area (Å²) in [4.78, 5) is 14.7. The molecule has 1 aromatic carbocycles. The highest BCUT2D eigenvalue weighted by molar-refractivity contribution is 5.64. The Hall–Kier alpha value is -2.37. The fourth-order valence-corrected chi connectivity index (χ4v) is 1.61. The van der Waals surface area contributed by atoms with Crippen LogP contribution in [0.4, 0.5) is 4.79 Å². The van der Waals surface area contributed by atoms with E-state index in [1.54, 1.807) is 4.68 Å². The van der Waals surface area contributed by atoms with E-state index in [0.29, 0.717) is 18.9 Å². The van der Waals surface area contributed by atoms with E-state index in [4.69, 9.17) is 5.11 Å². The summed E-state index contributed by atoms with van der Waals surface area (Å²) < 4.78 is 1.69. The van der Waals surface area contributed by atoms with Crippen molar-refractivity contribution in [2.75, 3.05) is 6.54 Å². The van der Waals surface area contributed by atoms with Gasteiger partial charge in [-0.25, -0.2) is 14.5 Å². The van der Waals surface area contributed by atoms with E-state index in [-0.39, 0.29) is 0 Å². The first-order valence-corrected chi connectivity index (χ1v) is 5.60. The summed E-state index contributed by atoms with van der Waals surface area (Å²) in [7, 11) is 0. The molecule has 0 bridgehead atoms. The maximum atomic E-state index is 10.3. The maximum absolute atomic E-state index is 10.3. The van der Waals surface area contributed by atoms with E-state index in [1.165, 1.54) is 0 Å². The first kappa shape index (κ1) is 12.1. The van der Waals surface area contributed by atoms with Gasteiger partial charge in [0.05, 0.1) is 6.54 Å². The van der Waals surface area contributed by atoms with Crippen molar-refractivity contribution in [2.24, 2.45) is 0 Å². The number of nitrogens with one attached hydrogen (secondary N) is 1. The smallest absolute Gasteiger partial charge is 0.404 e. The molecule has 1 amide bonds. The van der Waals surface area contributed by atoms with E-state index in [1.807, 2.05) is 37.3 Å². The number of aromatic nitrogens is 3. The Bertz CT molecular complexity index is 536. The molecule has 2 rings (SSSR count). The van der Waals surface area contributed by atoms with Crippen LogP contribution in [0, 0.1) is 6.92 Å². The summed E-state index contributed by atoms with van der Waals surface area (Å²) in [5.74, 6) is 1.42. The van der Waals surface area contributed by atoms with Gasteiger partial charge in [-0.1, -0.05) is 30.3 Å². The molecule has 6 nitrogen and oxygen atoms in total. The van der Waals surface area contributed by atoms with Crippen LogP contribution in [0.25, 0.3) is 11.4 Å². The minimum absolute atomic E-state index is 0.313. The van der Waals surface area contributed by atoms with Crippen molar-refractivity contribution in [1.82, 2.24) is 20.1 Å². The molecule has 0 aliphatic carbocycles. The molecule has 94 valence electrons. The third-order valence-electron chi connectivity index (χ3n) is 2.49. The molecule has 0 unspecified atom stereocenters. The van der Waals surface area contributed by atoms with Crippen LogP contribution in [0.3, 0.4) is 0 Å². The zero-order chi connectivity index (χ0) is 13.0. The highest BCUT2D eigenvalue weighted by Gasteiger charge is 2.07. The second-order valence-corrected chi connectivity index (χ2v) is 3.80. The average Bonchev–Trinajstić information content (AvgIpc) is 2.72. The van der Waals surface area contributed by atoms with Gasteiger partial charge in [-0.15, -0.1) is 0 Å². The lowest BCUT2D eigenvalue weighted by Crippen LogP contribution is -2.25. The molecule has 0 saturated heterocycles. The molecular formula is C12H14N4O2. The van der Waals surface area contributed by atoms with E-state index < -0.39 is 6.09 Å². The zero-order valence-electron chi connectivity index (χ0n) is 10.00. The molecule has 0 radical (unpaired) electrons. The molecule has 18 heavy (non-hydrogen) atoms. The lowest BCUT2D eigenvalue weighted by atomic mass is 10.2. The topological polar surface area (TPSA) is 80.0 Å². The van der Waals surface area contributed by atoms with Crippen LogP contribution >= 0.6 is 0 Å². The zero-order valence-corrected chi connectivity index (χ0v) is 10.00. The van der Waals surface area contributed by atoms with Crippen molar-refractivity contribution in [3.8, 4) is 11.4 Å². The van der Waals surface area contributed by atoms with Crippen molar-refractivity contribution >= 4 is 6.09 Å². The first-order valence-electron chi connectivity index (χ1n) is 5.60. The average molecular weight is 246 g/mol. The number of hydrogen-bond donors (Lipinski definition) is 2. The van der Waals surface area contributed by atoms with Gasteiger partial charge in [0.25, 0.3) is 0 Å². The molecule has 6 heteroatoms. The second-order valence-electron chi connectivity index (χ2n) is 3.80. The van der Waals surface area contributed by atoms with Gasteiger partial charge < -0.3 is 10.4 Å². The third-order valence-corrected chi connectivity index (χ3v) is 2.49. The fraction of sp³-hybridized carbons (Fsp3) is 0.250. The fourth-order valence-electron chi connectivity index (χ4n) is 1.61. The maximum Gasteiger partial charge on any atom is 0.404 e. The number of nitrogens with zero attached hydrogens (tertiary/aromatic N) is 3. The van der Waals surface area contributed by atoms with Crippen molar-refractivity contribution in [3.63, 3.8) is 0 Å². The molecule has 2 N–H and O–H groups in total. The van der Waals surface area contributed by atoms with E-state index in [0.717, 1.165) is 11.4 Å². The summed E-state index contributed by atoms with van der Waals surface area (Å²) in [6.45, 7) is 2.63. The summed E-state index contributed by atoms with van der Waals surface area (Å²) in [5, 5.41) is 15.1. The van der Waals surface area contributed by atoms with Crippen LogP contribution in [0.15, 0.2) is 30.3 Å². The Balaban J connectivity index is 2.10. The Kier molecular flexibility index (Phi) is 3.57. The second kappa shape index (κ2) is 5.31. The van der Waals surface area contributed by atoms with E-state index in [2.05, 4.69) is 15.4 Å². The monoisotopic (exact) mass is 246 g/mol. The van der Waals surface area contributed by atoms with Gasteiger partial charge >= 0.3 is 6.09 Å². The molecule has 1 aromatic heterocycles. The Morgan fingerprint density at radius 1 is 1.39 bits per heavy atom. The predicted molar refractivity (Wildman–Crippen MR) is 66.2 cm³/mol. The normalized spacial score (nSPS) is 10.3. The Morgan fingerprint density at radius 2 is 2.11 bits per heavy atom. The lowest BCUT2D eigenvalue weighted by molar-refractivity contribution is 0.194. The van der Waals surface area contributed by atoms with Crippen LogP contribution in [0.1, 0.15) is 5.82 Å². The minimum atomic E-state index is -1.03. The standard InChI is InChI=1S/C12H14N4O2/c1-9-14-11(10-5-3-2-4-6-10)15-16(9)8-7-13-12(17)18/h2-6,13H,7-8H2,1H3,(H,17,18). The SMILES string of the molecule is Cc1nc(-c2ccccc2)nn1CCNC(=O)O. The van der Waals surface area contributed by atoms with Gasteiger partial charge in [0.2, 0.25) is 0 Å². The van der Waals surface area contributed by atoms with Crippen molar-refractivity contribution in [1.29, 1.82) is 0 Å². The minimum Gasteiger partial charge on any atom is -0.465 e. The largest absolute Gasteiger partial charge is 0.465 e. The van der Waals surface area contributed by atoms with E-state index in [9.17, 15) is 4.79 Å². The van der Waals surface area contributed by atoms with Crippen LogP contribution in [0.5, 0.6) is 0 Å². The van der Waals surface area contributed by atoms with Crippen LogP contribution < -0.4 is 5.32 Å². The van der Waals surface area contributed by atoms with Gasteiger partial charge in [0.1, 0.15) is 5.82 Å². The molecule has 0 aliphatic heterocycles. The van der Waals surface area contributed by atoms with Gasteiger partial charge in [0.15, 0.2) is 5.82 Å². The first-order chi connectivity index (χ1) is 8.66. The Morgan fingerprint density at radius 3 is 2.78 bits per heavy atom. The number of rotatable bonds is 4. The summed E-state index contributed by atoms with van der Waals surface area (Å²) in [6, 6.07) is 9.67. The van der Waals surface area contributed by atoms with Crippen LogP contribution in [0.2, 0.25) is 0 Å². The van der Waals surface area contributed by atoms with Gasteiger partial charge in [-0.05, 0) is 6.92 Å². The molecule has 1 heterocycles. The van der Waals surface area contributed by atoms with Gasteiger partial charge in [0, 0.05) is 12.1 Å². The molecular weight excluding hydrogens is 232 g/mol. The number of carbonyl (C=O) groups is 1. The molecule has 0 atom stereocenters. The predicted octanol–water partition coefficient (Wildman–Crippen LogP) is 1.52. The number of benzene rings is 1. The highest BCUT2D eigenvalue weighted by Crippen LogP contribution is 2.14. The number of hydrogen-bond acceptors (Lipinski definition) is 3. The number of carboxylic acid groups (broad SMARTS) is 1. The third kappa shape index (κ3) is 2.85. The van der Waals surface area contributed by atoms with E-state index >= 15 is 0 Å². The van der Waals surface area contributed by atoms with Crippen molar-refractivity contribution in [3.05, 3.63) is 36.2 Å². The van der Waals surface area contributed by atoms with Crippen LogP contribution in [-0.4, -0.2) is 32.5 Å². The van der Waals surface area contributed by atoms with Crippen molar-refractivity contribution < 1.29 is 9.90 Å². The summed E-state index contributed by atoms with van der Waals surface area (Å²) in [6.07, 6.45) is -1.03. The summed E-state index contributed by atoms with van der Waals surface area (Å²) in [5.41, 5.74) is 0.950. The molecule has 0 saturated carbocycles. The summed E-state index contributed by atoms with van der Waals surface area (Å²) >= 11 is 0. The number of amides is 1. The van der Waals surface area contributed by atoms with Gasteiger partial charge in [-0.2, -0.15) is 5.10 Å². The Labute approximate surface area is 104 Å². The molecule has 0 aliphatic rings. The van der Waals surface area contributed by atoms with Crippen LogP contribution in [-0.2, 0) is 6.54 Å². The quantitative estimate of drug-likeness (QED) is 0.857. The number of aryl methyl sites for hydroxylation is 1. The lowest BCUT2D eigenvalue weighted by Gasteiger charge is -2.02. The molecule has 0 spiro atoms. The van der Waals surface area contributed by atoms with Gasteiger partial charge in [-0.3, -0.25) is 0 Å². The molecule has 2 aromatic rings.